The molecule has 0 spiro atoms. The molecule has 0 radical (unpaired) electrons. The van der Waals surface area contributed by atoms with Crippen molar-refractivity contribution in [1.82, 2.24) is 0 Å². The van der Waals surface area contributed by atoms with E-state index in [0.717, 1.165) is 6.42 Å². The van der Waals surface area contributed by atoms with Crippen LogP contribution in [0.4, 0.5) is 5.69 Å². The van der Waals surface area contributed by atoms with Crippen molar-refractivity contribution in [2.45, 2.75) is 25.2 Å². The fourth-order valence-corrected chi connectivity index (χ4v) is 4.28. The van der Waals surface area contributed by atoms with Crippen LogP contribution in [0.25, 0.3) is 0 Å². The molecular weight excluding hydrogens is 290 g/mol. The van der Waals surface area contributed by atoms with Gasteiger partial charge in [0.1, 0.15) is 0 Å². The van der Waals surface area contributed by atoms with Crippen molar-refractivity contribution in [3.05, 3.63) is 22.7 Å². The van der Waals surface area contributed by atoms with Crippen molar-refractivity contribution in [3.63, 3.8) is 0 Å². The molecule has 1 aromatic carbocycles. The van der Waals surface area contributed by atoms with Gasteiger partial charge >= 0.3 is 0 Å². The van der Waals surface area contributed by atoms with Crippen LogP contribution in [0.1, 0.15) is 20.3 Å². The summed E-state index contributed by atoms with van der Waals surface area (Å²) in [5, 5.41) is 0. The molecule has 1 rings (SSSR count). The van der Waals surface area contributed by atoms with Gasteiger partial charge in [0.25, 0.3) is 0 Å². The van der Waals surface area contributed by atoms with Crippen LogP contribution in [0.15, 0.2) is 27.6 Å². The predicted octanol–water partition coefficient (Wildman–Crippen LogP) is 2.85. The normalized spacial score (nSPS) is 13.7. The zero-order valence-electron chi connectivity index (χ0n) is 9.40. The van der Waals surface area contributed by atoms with Gasteiger partial charge in [-0.3, -0.25) is 0 Å². The SMILES string of the molecule is CCC(C)CS(=O)(=O)c1ccc(N)cc1Br. The Morgan fingerprint density at radius 1 is 1.44 bits per heavy atom. The van der Waals surface area contributed by atoms with E-state index in [1.165, 1.54) is 0 Å². The van der Waals surface area contributed by atoms with E-state index in [0.29, 0.717) is 15.1 Å². The van der Waals surface area contributed by atoms with Crippen LogP contribution in [0, 0.1) is 5.92 Å². The maximum absolute atomic E-state index is 12.1. The van der Waals surface area contributed by atoms with Crippen molar-refractivity contribution in [1.29, 1.82) is 0 Å². The average Bonchev–Trinajstić information content (AvgIpc) is 2.16. The minimum atomic E-state index is -3.22. The molecule has 3 nitrogen and oxygen atoms in total. The second-order valence-electron chi connectivity index (χ2n) is 3.98. The van der Waals surface area contributed by atoms with E-state index in [2.05, 4.69) is 15.9 Å². The highest BCUT2D eigenvalue weighted by Gasteiger charge is 2.20. The zero-order chi connectivity index (χ0) is 12.3. The van der Waals surface area contributed by atoms with Gasteiger partial charge in [-0.2, -0.15) is 0 Å². The summed E-state index contributed by atoms with van der Waals surface area (Å²) in [5.41, 5.74) is 6.12. The largest absolute Gasteiger partial charge is 0.399 e. The third kappa shape index (κ3) is 3.22. The van der Waals surface area contributed by atoms with Gasteiger partial charge in [0.15, 0.2) is 9.84 Å². The van der Waals surface area contributed by atoms with Gasteiger partial charge in [-0.1, -0.05) is 20.3 Å². The van der Waals surface area contributed by atoms with E-state index in [1.54, 1.807) is 18.2 Å². The minimum absolute atomic E-state index is 0.162. The van der Waals surface area contributed by atoms with Gasteiger partial charge in [0.2, 0.25) is 0 Å². The molecule has 90 valence electrons. The van der Waals surface area contributed by atoms with Gasteiger partial charge in [0.05, 0.1) is 10.6 Å². The van der Waals surface area contributed by atoms with E-state index in [-0.39, 0.29) is 11.7 Å². The Bertz CT molecular complexity index is 471. The van der Waals surface area contributed by atoms with Gasteiger partial charge in [-0.25, -0.2) is 8.42 Å². The number of anilines is 1. The summed E-state index contributed by atoms with van der Waals surface area (Å²) >= 11 is 3.24. The molecule has 0 bridgehead atoms. The van der Waals surface area contributed by atoms with Crippen LogP contribution in [-0.4, -0.2) is 14.2 Å². The molecule has 0 fully saturated rings. The number of rotatable bonds is 4. The molecule has 16 heavy (non-hydrogen) atoms. The second kappa shape index (κ2) is 5.19. The lowest BCUT2D eigenvalue weighted by Crippen LogP contribution is -2.14. The Labute approximate surface area is 105 Å². The molecular formula is C11H16BrNO2S. The first-order valence-electron chi connectivity index (χ1n) is 5.14. The maximum Gasteiger partial charge on any atom is 0.179 e. The third-order valence-corrected chi connectivity index (χ3v) is 5.44. The Kier molecular flexibility index (Phi) is 4.38. The van der Waals surface area contributed by atoms with Crippen molar-refractivity contribution in [3.8, 4) is 0 Å². The molecule has 1 atom stereocenters. The first-order chi connectivity index (χ1) is 7.36. The monoisotopic (exact) mass is 305 g/mol. The summed E-state index contributed by atoms with van der Waals surface area (Å²) in [6.45, 7) is 3.92. The van der Waals surface area contributed by atoms with Crippen molar-refractivity contribution in [2.24, 2.45) is 5.92 Å². The Balaban J connectivity index is 3.08. The molecule has 2 N–H and O–H groups in total. The summed E-state index contributed by atoms with van der Waals surface area (Å²) < 4.78 is 24.7. The highest BCUT2D eigenvalue weighted by Crippen LogP contribution is 2.26. The highest BCUT2D eigenvalue weighted by atomic mass is 79.9. The highest BCUT2D eigenvalue weighted by molar-refractivity contribution is 9.10. The van der Waals surface area contributed by atoms with E-state index in [1.807, 2.05) is 13.8 Å². The summed E-state index contributed by atoms with van der Waals surface area (Å²) in [4.78, 5) is 0.321. The number of nitrogen functional groups attached to an aromatic ring is 1. The molecule has 0 saturated heterocycles. The van der Waals surface area contributed by atoms with Crippen molar-refractivity contribution < 1.29 is 8.42 Å². The fraction of sp³-hybridized carbons (Fsp3) is 0.455. The lowest BCUT2D eigenvalue weighted by molar-refractivity contribution is 0.564. The second-order valence-corrected chi connectivity index (χ2v) is 6.84. The molecule has 1 aromatic rings. The Morgan fingerprint density at radius 3 is 2.56 bits per heavy atom. The van der Waals surface area contributed by atoms with Gasteiger partial charge < -0.3 is 5.73 Å². The number of nitrogens with two attached hydrogens (primary N) is 1. The van der Waals surface area contributed by atoms with Crippen LogP contribution in [0.2, 0.25) is 0 Å². The number of hydrogen-bond donors (Lipinski definition) is 1. The number of hydrogen-bond acceptors (Lipinski definition) is 3. The smallest absolute Gasteiger partial charge is 0.179 e. The minimum Gasteiger partial charge on any atom is -0.399 e. The lowest BCUT2D eigenvalue weighted by Gasteiger charge is -2.11. The third-order valence-electron chi connectivity index (χ3n) is 2.49. The number of benzene rings is 1. The molecule has 0 heterocycles. The van der Waals surface area contributed by atoms with Crippen molar-refractivity contribution >= 4 is 31.5 Å². The molecule has 0 saturated carbocycles. The average molecular weight is 306 g/mol. The predicted molar refractivity (Wildman–Crippen MR) is 70.1 cm³/mol. The van der Waals surface area contributed by atoms with Gasteiger partial charge in [-0.15, -0.1) is 0 Å². The summed E-state index contributed by atoms with van der Waals surface area (Å²) in [5.74, 6) is 0.334. The van der Waals surface area contributed by atoms with E-state index >= 15 is 0 Å². The molecule has 0 amide bonds. The molecule has 0 aromatic heterocycles. The van der Waals surface area contributed by atoms with Crippen LogP contribution in [0.3, 0.4) is 0 Å². The standard InChI is InChI=1S/C11H16BrNO2S/c1-3-8(2)7-16(14,15)11-5-4-9(13)6-10(11)12/h4-6,8H,3,7,13H2,1-2H3. The number of sulfone groups is 1. The molecule has 0 aliphatic heterocycles. The van der Waals surface area contributed by atoms with Crippen LogP contribution < -0.4 is 5.73 Å². The molecule has 0 aliphatic carbocycles. The maximum atomic E-state index is 12.1. The Hall–Kier alpha value is -0.550. The fourth-order valence-electron chi connectivity index (χ4n) is 1.35. The van der Waals surface area contributed by atoms with Crippen LogP contribution >= 0.6 is 15.9 Å². The summed E-state index contributed by atoms with van der Waals surface area (Å²) in [6.07, 6.45) is 0.853. The number of halogens is 1. The molecule has 1 unspecified atom stereocenters. The molecule has 5 heteroatoms. The van der Waals surface area contributed by atoms with Crippen LogP contribution in [-0.2, 0) is 9.84 Å². The van der Waals surface area contributed by atoms with Crippen molar-refractivity contribution in [2.75, 3.05) is 11.5 Å². The van der Waals surface area contributed by atoms with E-state index in [4.69, 9.17) is 5.73 Å². The summed E-state index contributed by atoms with van der Waals surface area (Å²) in [6, 6.07) is 4.77. The van der Waals surface area contributed by atoms with Gasteiger partial charge in [-0.05, 0) is 40.0 Å². The first kappa shape index (κ1) is 13.5. The van der Waals surface area contributed by atoms with E-state index in [9.17, 15) is 8.42 Å². The first-order valence-corrected chi connectivity index (χ1v) is 7.59. The van der Waals surface area contributed by atoms with E-state index < -0.39 is 9.84 Å². The van der Waals surface area contributed by atoms with Gasteiger partial charge in [0, 0.05) is 10.2 Å². The topological polar surface area (TPSA) is 60.2 Å². The Morgan fingerprint density at radius 2 is 2.06 bits per heavy atom. The quantitative estimate of drug-likeness (QED) is 0.870. The lowest BCUT2D eigenvalue weighted by atomic mass is 10.2. The zero-order valence-corrected chi connectivity index (χ0v) is 11.8. The summed E-state index contributed by atoms with van der Waals surface area (Å²) in [7, 11) is -3.22. The van der Waals surface area contributed by atoms with Crippen LogP contribution in [0.5, 0.6) is 0 Å². The molecule has 0 aliphatic rings.